The third-order valence-corrected chi connectivity index (χ3v) is 1.86. The van der Waals surface area contributed by atoms with E-state index in [0.29, 0.717) is 0 Å². The number of ether oxygens (including phenoxy) is 1. The van der Waals surface area contributed by atoms with Crippen LogP contribution in [0.2, 0.25) is 0 Å². The van der Waals surface area contributed by atoms with Gasteiger partial charge in [0.1, 0.15) is 6.10 Å². The van der Waals surface area contributed by atoms with Gasteiger partial charge in [-0.15, -0.1) is 0 Å². The van der Waals surface area contributed by atoms with E-state index in [1.807, 2.05) is 13.8 Å². The summed E-state index contributed by atoms with van der Waals surface area (Å²) < 4.78 is 5.39. The lowest BCUT2D eigenvalue weighted by molar-refractivity contribution is -0.130. The van der Waals surface area contributed by atoms with Crippen LogP contribution in [0.3, 0.4) is 0 Å². The lowest BCUT2D eigenvalue weighted by Crippen LogP contribution is -2.29. The highest BCUT2D eigenvalue weighted by molar-refractivity contribution is 5.80. The number of hydrogen-bond donors (Lipinski definition) is 0. The van der Waals surface area contributed by atoms with Gasteiger partial charge in [-0.3, -0.25) is 4.79 Å². The maximum atomic E-state index is 10.9. The molecule has 2 heteroatoms. The largest absolute Gasteiger partial charge is 0.363 e. The van der Waals surface area contributed by atoms with E-state index in [4.69, 9.17) is 4.74 Å². The fourth-order valence-corrected chi connectivity index (χ4v) is 1.35. The van der Waals surface area contributed by atoms with Crippen LogP contribution < -0.4 is 0 Å². The predicted molar refractivity (Wildman–Crippen MR) is 43.4 cm³/mol. The van der Waals surface area contributed by atoms with E-state index in [9.17, 15) is 4.79 Å². The molecule has 0 saturated heterocycles. The zero-order valence-corrected chi connectivity index (χ0v) is 7.26. The van der Waals surface area contributed by atoms with Crippen molar-refractivity contribution in [3.05, 3.63) is 11.6 Å². The number of ketones is 1. The van der Waals surface area contributed by atoms with Crippen molar-refractivity contribution in [3.63, 3.8) is 0 Å². The van der Waals surface area contributed by atoms with E-state index in [1.54, 1.807) is 6.92 Å². The zero-order valence-electron chi connectivity index (χ0n) is 7.26. The molecule has 0 radical (unpaired) electrons. The predicted octanol–water partition coefficient (Wildman–Crippen LogP) is 1.70. The third kappa shape index (κ3) is 2.15. The first-order chi connectivity index (χ1) is 5.09. The van der Waals surface area contributed by atoms with Crippen molar-refractivity contribution in [2.75, 3.05) is 0 Å². The van der Waals surface area contributed by atoms with Crippen LogP contribution in [0.5, 0.6) is 0 Å². The molecule has 1 aliphatic rings. The highest BCUT2D eigenvalue weighted by atomic mass is 16.5. The Bertz CT molecular complexity index is 194. The van der Waals surface area contributed by atoms with Gasteiger partial charge < -0.3 is 4.74 Å². The Morgan fingerprint density at radius 1 is 1.73 bits per heavy atom. The van der Waals surface area contributed by atoms with Crippen LogP contribution in [-0.4, -0.2) is 18.0 Å². The van der Waals surface area contributed by atoms with Gasteiger partial charge in [0.25, 0.3) is 0 Å². The number of hydrogen-bond acceptors (Lipinski definition) is 2. The minimum atomic E-state index is -0.199. The van der Waals surface area contributed by atoms with Gasteiger partial charge in [0.2, 0.25) is 0 Å². The summed E-state index contributed by atoms with van der Waals surface area (Å²) in [4.78, 5) is 10.9. The van der Waals surface area contributed by atoms with Gasteiger partial charge in [0, 0.05) is 6.42 Å². The molecule has 0 aromatic rings. The van der Waals surface area contributed by atoms with Gasteiger partial charge >= 0.3 is 0 Å². The van der Waals surface area contributed by atoms with Gasteiger partial charge in [-0.25, -0.2) is 0 Å². The van der Waals surface area contributed by atoms with Gasteiger partial charge in [0.15, 0.2) is 5.78 Å². The Labute approximate surface area is 67.2 Å². The Morgan fingerprint density at radius 3 is 2.82 bits per heavy atom. The fourth-order valence-electron chi connectivity index (χ4n) is 1.35. The van der Waals surface area contributed by atoms with Crippen molar-refractivity contribution in [2.45, 2.75) is 39.4 Å². The minimum Gasteiger partial charge on any atom is -0.363 e. The summed E-state index contributed by atoms with van der Waals surface area (Å²) in [6, 6.07) is 0. The van der Waals surface area contributed by atoms with Gasteiger partial charge in [-0.1, -0.05) is 11.6 Å². The second kappa shape index (κ2) is 3.18. The number of carbonyl (C=O) groups is 1. The van der Waals surface area contributed by atoms with Crippen molar-refractivity contribution in [3.8, 4) is 0 Å². The van der Waals surface area contributed by atoms with Crippen LogP contribution in [-0.2, 0) is 9.53 Å². The quantitative estimate of drug-likeness (QED) is 0.537. The first-order valence-electron chi connectivity index (χ1n) is 3.93. The standard InChI is InChI=1S/C9H14O2/c1-6-4-7(2)11-9(5-6)8(3)10/h4,7,9H,5H2,1-3H3/t7-,9-/m0/s1. The molecule has 0 aliphatic carbocycles. The summed E-state index contributed by atoms with van der Waals surface area (Å²) in [6.07, 6.45) is 2.71. The summed E-state index contributed by atoms with van der Waals surface area (Å²) >= 11 is 0. The van der Waals surface area contributed by atoms with Crippen LogP contribution >= 0.6 is 0 Å². The number of rotatable bonds is 1. The second-order valence-corrected chi connectivity index (χ2v) is 3.16. The van der Waals surface area contributed by atoms with E-state index < -0.39 is 0 Å². The molecular weight excluding hydrogens is 140 g/mol. The monoisotopic (exact) mass is 154 g/mol. The summed E-state index contributed by atoms with van der Waals surface area (Å²) in [5.41, 5.74) is 1.25. The van der Waals surface area contributed by atoms with E-state index in [2.05, 4.69) is 6.08 Å². The molecule has 0 saturated carbocycles. The van der Waals surface area contributed by atoms with Crippen LogP contribution in [0.25, 0.3) is 0 Å². The molecule has 1 aliphatic heterocycles. The van der Waals surface area contributed by atoms with Gasteiger partial charge in [-0.05, 0) is 20.8 Å². The average molecular weight is 154 g/mol. The van der Waals surface area contributed by atoms with E-state index in [0.717, 1.165) is 6.42 Å². The maximum absolute atomic E-state index is 10.9. The van der Waals surface area contributed by atoms with Crippen molar-refractivity contribution >= 4 is 5.78 Å². The van der Waals surface area contributed by atoms with E-state index >= 15 is 0 Å². The number of carbonyl (C=O) groups excluding carboxylic acids is 1. The Kier molecular flexibility index (Phi) is 2.45. The Hall–Kier alpha value is -0.630. The van der Waals surface area contributed by atoms with Crippen molar-refractivity contribution in [2.24, 2.45) is 0 Å². The molecule has 0 bridgehead atoms. The maximum Gasteiger partial charge on any atom is 0.158 e. The van der Waals surface area contributed by atoms with Crippen LogP contribution in [0.4, 0.5) is 0 Å². The highest BCUT2D eigenvalue weighted by Crippen LogP contribution is 2.18. The molecule has 62 valence electrons. The first-order valence-corrected chi connectivity index (χ1v) is 3.93. The summed E-state index contributed by atoms with van der Waals surface area (Å²) in [7, 11) is 0. The second-order valence-electron chi connectivity index (χ2n) is 3.16. The first kappa shape index (κ1) is 8.47. The molecule has 1 heterocycles. The third-order valence-electron chi connectivity index (χ3n) is 1.86. The SMILES string of the molecule is CC(=O)[C@@H]1CC(C)=C[C@H](C)O1. The molecule has 2 atom stereocenters. The molecule has 0 amide bonds. The average Bonchev–Trinajstić information content (AvgIpc) is 1.85. The molecule has 0 aromatic carbocycles. The molecule has 0 unspecified atom stereocenters. The molecular formula is C9H14O2. The smallest absolute Gasteiger partial charge is 0.158 e. The highest BCUT2D eigenvalue weighted by Gasteiger charge is 2.21. The Balaban J connectivity index is 2.64. The molecule has 0 fully saturated rings. The van der Waals surface area contributed by atoms with Crippen LogP contribution in [0.1, 0.15) is 27.2 Å². The zero-order chi connectivity index (χ0) is 8.43. The molecule has 2 nitrogen and oxygen atoms in total. The molecule has 1 rings (SSSR count). The molecule has 0 N–H and O–H groups in total. The summed E-state index contributed by atoms with van der Waals surface area (Å²) in [5, 5.41) is 0. The van der Waals surface area contributed by atoms with Gasteiger partial charge in [-0.2, -0.15) is 0 Å². The van der Waals surface area contributed by atoms with Crippen molar-refractivity contribution in [1.29, 1.82) is 0 Å². The summed E-state index contributed by atoms with van der Waals surface area (Å²) in [5.74, 6) is 0.129. The molecule has 0 spiro atoms. The van der Waals surface area contributed by atoms with Crippen molar-refractivity contribution < 1.29 is 9.53 Å². The van der Waals surface area contributed by atoms with E-state index in [-0.39, 0.29) is 18.0 Å². The topological polar surface area (TPSA) is 26.3 Å². The van der Waals surface area contributed by atoms with Gasteiger partial charge in [0.05, 0.1) is 6.10 Å². The number of Topliss-reactive ketones (excluding diaryl/α,β-unsaturated/α-hetero) is 1. The fraction of sp³-hybridized carbons (Fsp3) is 0.667. The van der Waals surface area contributed by atoms with Crippen molar-refractivity contribution in [1.82, 2.24) is 0 Å². The molecule has 11 heavy (non-hydrogen) atoms. The molecule has 0 aromatic heterocycles. The normalized spacial score (nSPS) is 31.4. The lowest BCUT2D eigenvalue weighted by atomic mass is 10.0. The Morgan fingerprint density at radius 2 is 2.36 bits per heavy atom. The minimum absolute atomic E-state index is 0.0950. The lowest BCUT2D eigenvalue weighted by Gasteiger charge is -2.24. The van der Waals surface area contributed by atoms with Crippen LogP contribution in [0.15, 0.2) is 11.6 Å². The summed E-state index contributed by atoms with van der Waals surface area (Å²) in [6.45, 7) is 5.57. The van der Waals surface area contributed by atoms with Crippen LogP contribution in [0, 0.1) is 0 Å². The van der Waals surface area contributed by atoms with E-state index in [1.165, 1.54) is 5.57 Å².